The van der Waals surface area contributed by atoms with Gasteiger partial charge in [0.25, 0.3) is 0 Å². The monoisotopic (exact) mass is 293 g/mol. The zero-order valence-electron chi connectivity index (χ0n) is 12.8. The molecule has 0 bridgehead atoms. The van der Waals surface area contributed by atoms with Crippen molar-refractivity contribution in [2.45, 2.75) is 19.3 Å². The van der Waals surface area contributed by atoms with Crippen LogP contribution in [0.3, 0.4) is 0 Å². The molecule has 3 nitrogen and oxygen atoms in total. The fourth-order valence-corrected chi connectivity index (χ4v) is 2.58. The molecule has 0 spiro atoms. The van der Waals surface area contributed by atoms with Crippen LogP contribution in [-0.2, 0) is 6.42 Å². The Morgan fingerprint density at radius 2 is 1.77 bits per heavy atom. The van der Waals surface area contributed by atoms with Gasteiger partial charge in [0.2, 0.25) is 0 Å². The van der Waals surface area contributed by atoms with E-state index >= 15 is 0 Å². The Balaban J connectivity index is 1.91. The van der Waals surface area contributed by atoms with Gasteiger partial charge in [-0.25, -0.2) is 4.98 Å². The van der Waals surface area contributed by atoms with Crippen LogP contribution in [0.25, 0.3) is 0 Å². The predicted octanol–water partition coefficient (Wildman–Crippen LogP) is 4.37. The molecule has 1 atom stereocenters. The topological polar surface area (TPSA) is 35.3 Å². The molecule has 0 saturated heterocycles. The van der Waals surface area contributed by atoms with E-state index in [0.29, 0.717) is 0 Å². The third kappa shape index (κ3) is 3.19. The van der Waals surface area contributed by atoms with Crippen molar-refractivity contribution in [1.82, 2.24) is 4.98 Å². The highest BCUT2D eigenvalue weighted by molar-refractivity contribution is 5.35. The maximum Gasteiger partial charge on any atom is 0.180 e. The Kier molecular flexibility index (Phi) is 4.24. The molecule has 3 rings (SSSR count). The summed E-state index contributed by atoms with van der Waals surface area (Å²) in [5.74, 6) is 1.03. The molecule has 0 fully saturated rings. The average Bonchev–Trinajstić information content (AvgIpc) is 3.09. The van der Waals surface area contributed by atoms with Gasteiger partial charge in [0.1, 0.15) is 12.0 Å². The molecule has 22 heavy (non-hydrogen) atoms. The normalized spacial score (nSPS) is 12.1. The van der Waals surface area contributed by atoms with Crippen molar-refractivity contribution < 1.29 is 9.15 Å². The highest BCUT2D eigenvalue weighted by Crippen LogP contribution is 2.29. The molecule has 0 saturated carbocycles. The van der Waals surface area contributed by atoms with E-state index in [1.54, 1.807) is 13.4 Å². The van der Waals surface area contributed by atoms with Crippen molar-refractivity contribution in [2.75, 3.05) is 7.11 Å². The minimum atomic E-state index is 0.173. The summed E-state index contributed by atoms with van der Waals surface area (Å²) in [7, 11) is 1.68. The van der Waals surface area contributed by atoms with E-state index in [1.807, 2.05) is 12.1 Å². The highest BCUT2D eigenvalue weighted by atomic mass is 16.5. The molecular weight excluding hydrogens is 274 g/mol. The van der Waals surface area contributed by atoms with Crippen molar-refractivity contribution in [3.63, 3.8) is 0 Å². The molecule has 0 aliphatic heterocycles. The number of oxazole rings is 1. The quantitative estimate of drug-likeness (QED) is 0.701. The van der Waals surface area contributed by atoms with Gasteiger partial charge in [-0.3, -0.25) is 0 Å². The van der Waals surface area contributed by atoms with Crippen molar-refractivity contribution in [3.8, 4) is 5.75 Å². The van der Waals surface area contributed by atoms with Gasteiger partial charge in [0.05, 0.1) is 12.8 Å². The van der Waals surface area contributed by atoms with Gasteiger partial charge in [-0.15, -0.1) is 0 Å². The molecule has 3 aromatic rings. The summed E-state index contributed by atoms with van der Waals surface area (Å²) in [5, 5.41) is 0. The summed E-state index contributed by atoms with van der Waals surface area (Å²) >= 11 is 0. The molecule has 1 unspecified atom stereocenters. The SMILES string of the molecule is COc1ccc(C(Cc2ccc(C)cc2)c2cocn2)cc1. The van der Waals surface area contributed by atoms with Gasteiger partial charge in [-0.05, 0) is 36.6 Å². The summed E-state index contributed by atoms with van der Waals surface area (Å²) in [5.41, 5.74) is 4.71. The number of aryl methyl sites for hydroxylation is 1. The Hall–Kier alpha value is -2.55. The number of hydrogen-bond acceptors (Lipinski definition) is 3. The lowest BCUT2D eigenvalue weighted by molar-refractivity contribution is 0.414. The Bertz CT molecular complexity index is 700. The third-order valence-electron chi connectivity index (χ3n) is 3.89. The highest BCUT2D eigenvalue weighted by Gasteiger charge is 2.17. The molecule has 0 N–H and O–H groups in total. The minimum absolute atomic E-state index is 0.173. The Morgan fingerprint density at radius 3 is 2.36 bits per heavy atom. The standard InChI is InChI=1S/C19H19NO2/c1-14-3-5-15(6-4-14)11-18(19-12-22-13-20-19)16-7-9-17(21-2)10-8-16/h3-10,12-13,18H,11H2,1-2H3. The van der Waals surface area contributed by atoms with Crippen molar-refractivity contribution in [2.24, 2.45) is 0 Å². The van der Waals surface area contributed by atoms with Crippen LogP contribution < -0.4 is 4.74 Å². The van der Waals surface area contributed by atoms with Crippen LogP contribution in [0.5, 0.6) is 5.75 Å². The largest absolute Gasteiger partial charge is 0.497 e. The van der Waals surface area contributed by atoms with Crippen LogP contribution in [0.2, 0.25) is 0 Å². The van der Waals surface area contributed by atoms with Crippen LogP contribution in [-0.4, -0.2) is 12.1 Å². The van der Waals surface area contributed by atoms with Gasteiger partial charge < -0.3 is 9.15 Å². The molecule has 0 aliphatic carbocycles. The van der Waals surface area contributed by atoms with E-state index in [9.17, 15) is 0 Å². The minimum Gasteiger partial charge on any atom is -0.497 e. The number of nitrogens with zero attached hydrogens (tertiary/aromatic N) is 1. The predicted molar refractivity (Wildman–Crippen MR) is 86.2 cm³/mol. The molecule has 0 amide bonds. The molecule has 0 radical (unpaired) electrons. The maximum atomic E-state index is 5.24. The summed E-state index contributed by atoms with van der Waals surface area (Å²) in [6.07, 6.45) is 4.10. The lowest BCUT2D eigenvalue weighted by atomic mass is 9.89. The molecule has 112 valence electrons. The average molecular weight is 293 g/mol. The summed E-state index contributed by atoms with van der Waals surface area (Å²) in [6.45, 7) is 2.10. The molecular formula is C19H19NO2. The van der Waals surface area contributed by atoms with Crippen LogP contribution in [0.1, 0.15) is 28.3 Å². The van der Waals surface area contributed by atoms with Crippen LogP contribution in [0.4, 0.5) is 0 Å². The zero-order valence-corrected chi connectivity index (χ0v) is 12.8. The van der Waals surface area contributed by atoms with E-state index < -0.39 is 0 Å². The third-order valence-corrected chi connectivity index (χ3v) is 3.89. The number of benzene rings is 2. The summed E-state index contributed by atoms with van der Waals surface area (Å²) in [6, 6.07) is 16.8. The van der Waals surface area contributed by atoms with Gasteiger partial charge >= 0.3 is 0 Å². The molecule has 3 heteroatoms. The van der Waals surface area contributed by atoms with E-state index in [-0.39, 0.29) is 5.92 Å². The van der Waals surface area contributed by atoms with Gasteiger partial charge in [-0.2, -0.15) is 0 Å². The van der Waals surface area contributed by atoms with Gasteiger partial charge in [0.15, 0.2) is 6.39 Å². The molecule has 1 aromatic heterocycles. The molecule has 2 aromatic carbocycles. The van der Waals surface area contributed by atoms with Gasteiger partial charge in [-0.1, -0.05) is 42.0 Å². The van der Waals surface area contributed by atoms with Crippen molar-refractivity contribution >= 4 is 0 Å². The number of methoxy groups -OCH3 is 1. The van der Waals surface area contributed by atoms with Gasteiger partial charge in [0, 0.05) is 5.92 Å². The zero-order chi connectivity index (χ0) is 15.4. The fraction of sp³-hybridized carbons (Fsp3) is 0.211. The van der Waals surface area contributed by atoms with Crippen molar-refractivity contribution in [1.29, 1.82) is 0 Å². The lowest BCUT2D eigenvalue weighted by Gasteiger charge is -2.16. The van der Waals surface area contributed by atoms with Crippen LogP contribution in [0, 0.1) is 6.92 Å². The smallest absolute Gasteiger partial charge is 0.180 e. The van der Waals surface area contributed by atoms with E-state index in [0.717, 1.165) is 17.9 Å². The Labute approximate surface area is 130 Å². The molecule has 1 heterocycles. The van der Waals surface area contributed by atoms with Crippen molar-refractivity contribution in [3.05, 3.63) is 83.6 Å². The maximum absolute atomic E-state index is 5.24. The lowest BCUT2D eigenvalue weighted by Crippen LogP contribution is -2.05. The first-order valence-electron chi connectivity index (χ1n) is 7.34. The second-order valence-electron chi connectivity index (χ2n) is 5.43. The summed E-state index contributed by atoms with van der Waals surface area (Å²) < 4.78 is 10.4. The second-order valence-corrected chi connectivity index (χ2v) is 5.43. The summed E-state index contributed by atoms with van der Waals surface area (Å²) in [4.78, 5) is 4.35. The van der Waals surface area contributed by atoms with Crippen LogP contribution >= 0.6 is 0 Å². The number of rotatable bonds is 5. The fourth-order valence-electron chi connectivity index (χ4n) is 2.58. The molecule has 0 aliphatic rings. The number of aromatic nitrogens is 1. The van der Waals surface area contributed by atoms with E-state index in [4.69, 9.17) is 9.15 Å². The first-order chi connectivity index (χ1) is 10.8. The van der Waals surface area contributed by atoms with E-state index in [2.05, 4.69) is 48.3 Å². The number of hydrogen-bond donors (Lipinski definition) is 0. The number of ether oxygens (including phenoxy) is 1. The first-order valence-corrected chi connectivity index (χ1v) is 7.34. The van der Waals surface area contributed by atoms with Crippen LogP contribution in [0.15, 0.2) is 65.6 Å². The second kappa shape index (κ2) is 6.48. The Morgan fingerprint density at radius 1 is 1.05 bits per heavy atom. The first kappa shape index (κ1) is 14.4. The van der Waals surface area contributed by atoms with E-state index in [1.165, 1.54) is 23.1 Å².